The summed E-state index contributed by atoms with van der Waals surface area (Å²) in [6.07, 6.45) is -0.386. The van der Waals surface area contributed by atoms with Crippen molar-refractivity contribution in [3.8, 4) is 11.1 Å². The predicted octanol–water partition coefficient (Wildman–Crippen LogP) is 5.10. The molecule has 4 aromatic carbocycles. The van der Waals surface area contributed by atoms with Crippen LogP contribution in [0.25, 0.3) is 21.9 Å². The number of carbonyl (C=O) groups is 2. The van der Waals surface area contributed by atoms with Crippen LogP contribution in [0.4, 0.5) is 10.1 Å². The Labute approximate surface area is 259 Å². The van der Waals surface area contributed by atoms with E-state index in [0.29, 0.717) is 33.3 Å². The summed E-state index contributed by atoms with van der Waals surface area (Å²) in [6.45, 7) is 0.134. The van der Waals surface area contributed by atoms with E-state index in [2.05, 4.69) is 0 Å². The number of primary amides is 1. The maximum absolute atomic E-state index is 15.6. The van der Waals surface area contributed by atoms with E-state index >= 15 is 4.39 Å². The van der Waals surface area contributed by atoms with Crippen molar-refractivity contribution >= 4 is 59.8 Å². The summed E-state index contributed by atoms with van der Waals surface area (Å²) >= 11 is 6.02. The first-order chi connectivity index (χ1) is 20.7. The minimum absolute atomic E-state index is 0.0316. The van der Waals surface area contributed by atoms with Gasteiger partial charge in [-0.3, -0.25) is 13.8 Å². The molecule has 0 aromatic heterocycles. The van der Waals surface area contributed by atoms with Crippen LogP contribution in [0.3, 0.4) is 0 Å². The zero-order valence-electron chi connectivity index (χ0n) is 23.4. The molecule has 0 spiro atoms. The molecular weight excluding hydrogens is 631 g/mol. The molecule has 2 atom stereocenters. The molecule has 0 bridgehead atoms. The molecule has 2 amide bonds. The van der Waals surface area contributed by atoms with E-state index in [1.165, 1.54) is 35.2 Å². The van der Waals surface area contributed by atoms with Gasteiger partial charge < -0.3 is 10.6 Å². The van der Waals surface area contributed by atoms with Crippen molar-refractivity contribution in [2.24, 2.45) is 11.7 Å². The molecule has 9 nitrogen and oxygen atoms in total. The SMILES string of the molecule is CS(=O)(=O)c1ccccc1-c1ccc(N2CCCC(C(CC(N)=O)OS(=O)(=O)c3ccc4cc(Cl)ccc4c3)C2=O)c(F)c1. The number of sulfone groups is 1. The quantitative estimate of drug-likeness (QED) is 0.247. The summed E-state index contributed by atoms with van der Waals surface area (Å²) in [6, 6.07) is 19.4. The summed E-state index contributed by atoms with van der Waals surface area (Å²) in [5.74, 6) is -3.40. The molecule has 1 aliphatic heterocycles. The number of anilines is 1. The van der Waals surface area contributed by atoms with Crippen LogP contribution < -0.4 is 10.6 Å². The van der Waals surface area contributed by atoms with Crippen molar-refractivity contribution in [3.63, 3.8) is 0 Å². The average Bonchev–Trinajstić information content (AvgIpc) is 2.96. The predicted molar refractivity (Wildman–Crippen MR) is 165 cm³/mol. The molecule has 1 aliphatic rings. The summed E-state index contributed by atoms with van der Waals surface area (Å²) < 4.78 is 72.2. The maximum Gasteiger partial charge on any atom is 0.297 e. The normalized spacial score (nSPS) is 16.7. The van der Waals surface area contributed by atoms with E-state index in [-0.39, 0.29) is 28.4 Å². The third-order valence-electron chi connectivity index (χ3n) is 7.48. The van der Waals surface area contributed by atoms with Crippen LogP contribution in [0.1, 0.15) is 19.3 Å². The van der Waals surface area contributed by atoms with Crippen molar-refractivity contribution in [3.05, 3.63) is 89.7 Å². The molecule has 0 radical (unpaired) electrons. The maximum atomic E-state index is 15.6. The van der Waals surface area contributed by atoms with Crippen molar-refractivity contribution in [2.75, 3.05) is 17.7 Å². The third kappa shape index (κ3) is 6.63. The lowest BCUT2D eigenvalue weighted by atomic mass is 9.89. The number of piperidine rings is 1. The van der Waals surface area contributed by atoms with Gasteiger partial charge in [0.2, 0.25) is 11.8 Å². The fraction of sp³-hybridized carbons (Fsp3) is 0.226. The van der Waals surface area contributed by atoms with Gasteiger partial charge in [0.25, 0.3) is 10.1 Å². The standard InChI is InChI=1S/C31H28ClFN2O7S2/c1-43(38,39)29-7-3-2-5-24(29)21-10-13-27(26(33)17-21)35-14-4-6-25(31(35)37)28(18-30(34)36)42-44(40,41)23-12-9-19-15-22(32)11-8-20(19)16-23/h2-3,5,7-13,15-17,25,28H,4,6,14,18H2,1H3,(H2,34,36). The lowest BCUT2D eigenvalue weighted by molar-refractivity contribution is -0.128. The number of hydrogen-bond acceptors (Lipinski definition) is 7. The van der Waals surface area contributed by atoms with Crippen molar-refractivity contribution < 1.29 is 35.0 Å². The van der Waals surface area contributed by atoms with Gasteiger partial charge in [-0.05, 0) is 71.6 Å². The lowest BCUT2D eigenvalue weighted by Crippen LogP contribution is -2.48. The topological polar surface area (TPSA) is 141 Å². The molecule has 5 rings (SSSR count). The fourth-order valence-corrected chi connectivity index (χ4v) is 7.66. The van der Waals surface area contributed by atoms with Crippen LogP contribution >= 0.6 is 11.6 Å². The number of nitrogens with two attached hydrogens (primary N) is 1. The molecule has 2 unspecified atom stereocenters. The molecule has 1 fully saturated rings. The Morgan fingerprint density at radius 3 is 2.43 bits per heavy atom. The van der Waals surface area contributed by atoms with Gasteiger partial charge in [-0.2, -0.15) is 8.42 Å². The number of hydrogen-bond donors (Lipinski definition) is 1. The van der Waals surface area contributed by atoms with E-state index in [4.69, 9.17) is 21.5 Å². The number of halogens is 2. The second kappa shape index (κ2) is 12.3. The Bertz CT molecular complexity index is 2000. The van der Waals surface area contributed by atoms with E-state index in [1.807, 2.05) is 0 Å². The molecule has 13 heteroatoms. The lowest BCUT2D eigenvalue weighted by Gasteiger charge is -2.35. The zero-order valence-corrected chi connectivity index (χ0v) is 25.8. The van der Waals surface area contributed by atoms with Gasteiger partial charge in [0.1, 0.15) is 5.82 Å². The Morgan fingerprint density at radius 1 is 1.02 bits per heavy atom. The zero-order chi connectivity index (χ0) is 31.8. The fourth-order valence-electron chi connectivity index (χ4n) is 5.42. The Balaban J connectivity index is 1.43. The number of benzene rings is 4. The number of fused-ring (bicyclic) bond motifs is 1. The molecule has 0 aliphatic carbocycles. The van der Waals surface area contributed by atoms with Crippen molar-refractivity contribution in [1.82, 2.24) is 0 Å². The minimum atomic E-state index is -4.46. The highest BCUT2D eigenvalue weighted by Gasteiger charge is 2.40. The van der Waals surface area contributed by atoms with E-state index < -0.39 is 56.0 Å². The summed E-state index contributed by atoms with van der Waals surface area (Å²) in [7, 11) is -8.06. The second-order valence-electron chi connectivity index (χ2n) is 10.6. The molecule has 44 heavy (non-hydrogen) atoms. The van der Waals surface area contributed by atoms with Gasteiger partial charge >= 0.3 is 0 Å². The number of nitrogens with zero attached hydrogens (tertiary/aromatic N) is 1. The first-order valence-corrected chi connectivity index (χ1v) is 17.2. The third-order valence-corrected chi connectivity index (χ3v) is 10.2. The Kier molecular flexibility index (Phi) is 8.81. The molecule has 4 aromatic rings. The largest absolute Gasteiger partial charge is 0.370 e. The van der Waals surface area contributed by atoms with Gasteiger partial charge in [-0.25, -0.2) is 12.8 Å². The molecule has 230 valence electrons. The highest BCUT2D eigenvalue weighted by molar-refractivity contribution is 7.90. The van der Waals surface area contributed by atoms with Gasteiger partial charge in [0.15, 0.2) is 9.84 Å². The van der Waals surface area contributed by atoms with Crippen molar-refractivity contribution in [2.45, 2.75) is 35.2 Å². The summed E-state index contributed by atoms with van der Waals surface area (Å²) in [4.78, 5) is 26.7. The Hall–Kier alpha value is -3.84. The molecule has 0 saturated carbocycles. The van der Waals surface area contributed by atoms with Crippen LogP contribution in [-0.2, 0) is 33.7 Å². The summed E-state index contributed by atoms with van der Waals surface area (Å²) in [5, 5.41) is 1.77. The highest BCUT2D eigenvalue weighted by Crippen LogP contribution is 2.35. The molecule has 1 saturated heterocycles. The molecule has 1 heterocycles. The first kappa shape index (κ1) is 31.6. The van der Waals surface area contributed by atoms with E-state index in [0.717, 1.165) is 12.3 Å². The minimum Gasteiger partial charge on any atom is -0.370 e. The van der Waals surface area contributed by atoms with E-state index in [9.17, 15) is 26.4 Å². The van der Waals surface area contributed by atoms with Crippen molar-refractivity contribution in [1.29, 1.82) is 0 Å². The summed E-state index contributed by atoms with van der Waals surface area (Å²) in [5.41, 5.74) is 5.95. The second-order valence-corrected chi connectivity index (χ2v) is 14.6. The average molecular weight is 659 g/mol. The van der Waals surface area contributed by atoms with Crippen LogP contribution in [0, 0.1) is 11.7 Å². The van der Waals surface area contributed by atoms with Crippen LogP contribution in [0.5, 0.6) is 0 Å². The number of rotatable bonds is 9. The smallest absolute Gasteiger partial charge is 0.297 e. The van der Waals surface area contributed by atoms with Crippen LogP contribution in [-0.4, -0.2) is 47.6 Å². The van der Waals surface area contributed by atoms with Gasteiger partial charge in [-0.15, -0.1) is 0 Å². The highest BCUT2D eigenvalue weighted by atomic mass is 35.5. The molecule has 2 N–H and O–H groups in total. The molecular formula is C31H28ClFN2O7S2. The first-order valence-electron chi connectivity index (χ1n) is 13.6. The van der Waals surface area contributed by atoms with Gasteiger partial charge in [0.05, 0.1) is 33.9 Å². The van der Waals surface area contributed by atoms with Gasteiger partial charge in [-0.1, -0.05) is 48.0 Å². The number of carbonyl (C=O) groups excluding carboxylic acids is 2. The van der Waals surface area contributed by atoms with Gasteiger partial charge in [0, 0.05) is 23.4 Å². The van der Waals surface area contributed by atoms with Crippen LogP contribution in [0.15, 0.2) is 88.7 Å². The van der Waals surface area contributed by atoms with E-state index in [1.54, 1.807) is 42.5 Å². The Morgan fingerprint density at radius 2 is 1.73 bits per heavy atom. The number of amides is 2. The van der Waals surface area contributed by atoms with Crippen LogP contribution in [0.2, 0.25) is 5.02 Å². The monoisotopic (exact) mass is 658 g/mol.